The van der Waals surface area contributed by atoms with Crippen molar-refractivity contribution in [2.75, 3.05) is 25.0 Å². The van der Waals surface area contributed by atoms with Crippen LogP contribution < -0.4 is 10.1 Å². The largest absolute Gasteiger partial charge is 0.490 e. The van der Waals surface area contributed by atoms with Gasteiger partial charge >= 0.3 is 0 Å². The van der Waals surface area contributed by atoms with Crippen LogP contribution in [0.25, 0.3) is 0 Å². The summed E-state index contributed by atoms with van der Waals surface area (Å²) in [5.74, 6) is 0.248. The Morgan fingerprint density at radius 3 is 2.94 bits per heavy atom. The molecule has 1 saturated heterocycles. The van der Waals surface area contributed by atoms with Crippen LogP contribution in [0.2, 0.25) is 0 Å². The van der Waals surface area contributed by atoms with Crippen LogP contribution in [0.3, 0.4) is 0 Å². The molecule has 0 spiro atoms. The van der Waals surface area contributed by atoms with Crippen molar-refractivity contribution in [3.63, 3.8) is 0 Å². The predicted octanol–water partition coefficient (Wildman–Crippen LogP) is 2.65. The summed E-state index contributed by atoms with van der Waals surface area (Å²) in [7, 11) is 0. The number of aryl methyl sites for hydroxylation is 1. The van der Waals surface area contributed by atoms with E-state index in [1.165, 1.54) is 12.1 Å². The maximum atomic E-state index is 13.4. The van der Waals surface area contributed by atoms with E-state index < -0.39 is 11.7 Å². The molecule has 7 heteroatoms. The van der Waals surface area contributed by atoms with Gasteiger partial charge in [-0.05, 0) is 42.2 Å². The molecule has 3 aliphatic rings. The van der Waals surface area contributed by atoms with Crippen LogP contribution in [0.1, 0.15) is 36.5 Å². The van der Waals surface area contributed by atoms with Crippen molar-refractivity contribution >= 4 is 11.6 Å². The van der Waals surface area contributed by atoms with Crippen LogP contribution in [0.4, 0.5) is 10.1 Å². The van der Waals surface area contributed by atoms with Crippen molar-refractivity contribution in [3.05, 3.63) is 59.4 Å². The van der Waals surface area contributed by atoms with Crippen LogP contribution in [0.5, 0.6) is 5.75 Å². The van der Waals surface area contributed by atoms with E-state index in [1.807, 2.05) is 18.2 Å². The van der Waals surface area contributed by atoms with Gasteiger partial charge in [0.05, 0.1) is 11.7 Å². The summed E-state index contributed by atoms with van der Waals surface area (Å²) in [5, 5.41) is 24.8. The van der Waals surface area contributed by atoms with E-state index in [0.29, 0.717) is 51.1 Å². The van der Waals surface area contributed by atoms with Gasteiger partial charge in [-0.15, -0.1) is 0 Å². The van der Waals surface area contributed by atoms with Gasteiger partial charge in [0, 0.05) is 50.1 Å². The summed E-state index contributed by atoms with van der Waals surface area (Å²) >= 11 is 0. The van der Waals surface area contributed by atoms with Gasteiger partial charge in [0.25, 0.3) is 0 Å². The molecule has 0 aromatic heterocycles. The third-order valence-corrected chi connectivity index (χ3v) is 6.80. The Hall–Kier alpha value is -2.48. The number of benzene rings is 2. The number of β-amino-alcohol motifs (C(OH)–C–C–N with tert-alkyl or cyclic N) is 2. The third-order valence-electron chi connectivity index (χ3n) is 6.80. The number of halogens is 1. The maximum absolute atomic E-state index is 13.4. The molecule has 0 bridgehead atoms. The molecule has 1 saturated carbocycles. The average Bonchev–Trinajstić information content (AvgIpc) is 3.17. The van der Waals surface area contributed by atoms with E-state index in [1.54, 1.807) is 12.1 Å². The number of amides is 1. The van der Waals surface area contributed by atoms with Gasteiger partial charge in [-0.1, -0.05) is 18.2 Å². The molecule has 2 heterocycles. The molecule has 2 fully saturated rings. The minimum absolute atomic E-state index is 0.0253. The summed E-state index contributed by atoms with van der Waals surface area (Å²) in [6.45, 7) is 1.62. The zero-order valence-electron chi connectivity index (χ0n) is 17.3. The topological polar surface area (TPSA) is 82.0 Å². The Morgan fingerprint density at radius 1 is 1.26 bits per heavy atom. The second-order valence-corrected chi connectivity index (χ2v) is 9.11. The number of fused-ring (bicyclic) bond motifs is 2. The number of hydrogen-bond donors (Lipinski definition) is 3. The number of hydrogen-bond acceptors (Lipinski definition) is 5. The molecule has 164 valence electrons. The first kappa shape index (κ1) is 20.4. The molecule has 2 aliphatic heterocycles. The number of carbonyl (C=O) groups is 1. The summed E-state index contributed by atoms with van der Waals surface area (Å²) < 4.78 is 19.3. The summed E-state index contributed by atoms with van der Waals surface area (Å²) in [6.07, 6.45) is 1.55. The van der Waals surface area contributed by atoms with Gasteiger partial charge < -0.3 is 20.3 Å². The van der Waals surface area contributed by atoms with Crippen LogP contribution in [0, 0.1) is 11.7 Å². The molecule has 1 amide bonds. The van der Waals surface area contributed by atoms with Crippen molar-refractivity contribution in [2.45, 2.75) is 43.5 Å². The van der Waals surface area contributed by atoms with Crippen molar-refractivity contribution in [2.24, 2.45) is 5.92 Å². The number of nitrogens with zero attached hydrogens (tertiary/aromatic N) is 1. The highest BCUT2D eigenvalue weighted by Gasteiger charge is 2.52. The molecule has 5 rings (SSSR count). The molecule has 3 N–H and O–H groups in total. The second-order valence-electron chi connectivity index (χ2n) is 9.11. The van der Waals surface area contributed by atoms with E-state index in [0.717, 1.165) is 16.8 Å². The molecule has 0 unspecified atom stereocenters. The van der Waals surface area contributed by atoms with E-state index in [-0.39, 0.29) is 23.7 Å². The number of aliphatic hydroxyl groups is 2. The molecular formula is C24H27FN2O4. The number of anilines is 1. The molecule has 1 aliphatic carbocycles. The number of likely N-dealkylation sites (tertiary alicyclic amines) is 1. The Morgan fingerprint density at radius 2 is 2.13 bits per heavy atom. The zero-order valence-corrected chi connectivity index (χ0v) is 17.3. The molecular weight excluding hydrogens is 399 g/mol. The molecule has 2 aromatic rings. The third kappa shape index (κ3) is 4.18. The summed E-state index contributed by atoms with van der Waals surface area (Å²) in [6, 6.07) is 11.8. The van der Waals surface area contributed by atoms with Gasteiger partial charge in [0.15, 0.2) is 0 Å². The van der Waals surface area contributed by atoms with Crippen LogP contribution >= 0.6 is 0 Å². The SMILES string of the molecule is O=C1CCc2cc([C@@H](O)CN3C[C@@H]4C[C@@H](Oc5cccc(F)c5)C[C@]4(O)C3)ccc2N1. The highest BCUT2D eigenvalue weighted by molar-refractivity contribution is 5.93. The average molecular weight is 426 g/mol. The lowest BCUT2D eigenvalue weighted by atomic mass is 9.95. The van der Waals surface area contributed by atoms with Crippen molar-refractivity contribution in [1.82, 2.24) is 4.90 Å². The normalized spacial score (nSPS) is 28.7. The van der Waals surface area contributed by atoms with Gasteiger partial charge in [0.1, 0.15) is 17.7 Å². The lowest BCUT2D eigenvalue weighted by molar-refractivity contribution is -0.116. The lowest BCUT2D eigenvalue weighted by Gasteiger charge is -2.25. The number of rotatable bonds is 5. The highest BCUT2D eigenvalue weighted by Crippen LogP contribution is 2.43. The smallest absolute Gasteiger partial charge is 0.224 e. The standard InChI is InChI=1S/C24H27FN2O4/c25-18-2-1-3-19(10-18)31-20-9-17-12-27(14-24(17,30)11-20)13-22(28)16-4-6-21-15(8-16)5-7-23(29)26-21/h1-4,6,8,10,17,20,22,28,30H,5,7,9,11-14H2,(H,26,29)/t17-,20+,22-,24-/m0/s1. The predicted molar refractivity (Wildman–Crippen MR) is 113 cm³/mol. The van der Waals surface area contributed by atoms with Gasteiger partial charge in [-0.25, -0.2) is 4.39 Å². The fourth-order valence-corrected chi connectivity index (χ4v) is 5.30. The fraction of sp³-hybridized carbons (Fsp3) is 0.458. The molecule has 6 nitrogen and oxygen atoms in total. The first-order chi connectivity index (χ1) is 14.9. The Bertz CT molecular complexity index is 999. The number of aliphatic hydroxyl groups excluding tert-OH is 1. The first-order valence-corrected chi connectivity index (χ1v) is 10.9. The number of carbonyl (C=O) groups excluding carboxylic acids is 1. The monoisotopic (exact) mass is 426 g/mol. The minimum Gasteiger partial charge on any atom is -0.490 e. The molecule has 31 heavy (non-hydrogen) atoms. The number of ether oxygens (including phenoxy) is 1. The molecule has 4 atom stereocenters. The Balaban J connectivity index is 1.19. The van der Waals surface area contributed by atoms with Crippen molar-refractivity contribution in [3.8, 4) is 5.75 Å². The number of nitrogens with one attached hydrogen (secondary N) is 1. The minimum atomic E-state index is -0.849. The van der Waals surface area contributed by atoms with Crippen LogP contribution in [-0.4, -0.2) is 52.4 Å². The molecule has 0 radical (unpaired) electrons. The van der Waals surface area contributed by atoms with Crippen LogP contribution in [-0.2, 0) is 11.2 Å². The van der Waals surface area contributed by atoms with Gasteiger partial charge in [-0.3, -0.25) is 9.69 Å². The van der Waals surface area contributed by atoms with Gasteiger partial charge in [0.2, 0.25) is 5.91 Å². The quantitative estimate of drug-likeness (QED) is 0.685. The van der Waals surface area contributed by atoms with Crippen molar-refractivity contribution < 1.29 is 24.1 Å². The maximum Gasteiger partial charge on any atom is 0.224 e. The first-order valence-electron chi connectivity index (χ1n) is 10.9. The van der Waals surface area contributed by atoms with Crippen molar-refractivity contribution in [1.29, 1.82) is 0 Å². The van der Waals surface area contributed by atoms with E-state index in [4.69, 9.17) is 4.74 Å². The van der Waals surface area contributed by atoms with E-state index in [2.05, 4.69) is 10.2 Å². The van der Waals surface area contributed by atoms with E-state index >= 15 is 0 Å². The van der Waals surface area contributed by atoms with E-state index in [9.17, 15) is 19.4 Å². The van der Waals surface area contributed by atoms with Gasteiger partial charge in [-0.2, -0.15) is 0 Å². The Labute approximate surface area is 180 Å². The van der Waals surface area contributed by atoms with Crippen LogP contribution in [0.15, 0.2) is 42.5 Å². The summed E-state index contributed by atoms with van der Waals surface area (Å²) in [4.78, 5) is 13.6. The lowest BCUT2D eigenvalue weighted by Crippen LogP contribution is -2.36. The second kappa shape index (κ2) is 7.89. The molecule has 2 aromatic carbocycles. The Kier molecular flexibility index (Phi) is 5.20. The zero-order chi connectivity index (χ0) is 21.6. The highest BCUT2D eigenvalue weighted by atomic mass is 19.1. The fourth-order valence-electron chi connectivity index (χ4n) is 5.30. The summed E-state index contributed by atoms with van der Waals surface area (Å²) in [5.41, 5.74) is 1.84.